The van der Waals surface area contributed by atoms with Crippen molar-refractivity contribution >= 4 is 17.2 Å². The van der Waals surface area contributed by atoms with Crippen LogP contribution in [-0.4, -0.2) is 36.1 Å². The van der Waals surface area contributed by atoms with Crippen molar-refractivity contribution in [1.29, 1.82) is 0 Å². The molecular weight excluding hydrogens is 315 g/mol. The fourth-order valence-electron chi connectivity index (χ4n) is 2.31. The highest BCUT2D eigenvalue weighted by molar-refractivity contribution is 7.13. The number of carbonyl (C=O) groups is 1. The maximum atomic E-state index is 13.9. The molecule has 6 heteroatoms. The maximum Gasteiger partial charge on any atom is 0.266 e. The summed E-state index contributed by atoms with van der Waals surface area (Å²) in [7, 11) is 1.58. The number of ether oxygens (including phenoxy) is 1. The van der Waals surface area contributed by atoms with Crippen LogP contribution in [0.25, 0.3) is 0 Å². The van der Waals surface area contributed by atoms with Crippen molar-refractivity contribution in [2.45, 2.75) is 26.8 Å². The van der Waals surface area contributed by atoms with Crippen molar-refractivity contribution in [1.82, 2.24) is 9.88 Å². The van der Waals surface area contributed by atoms with Gasteiger partial charge in [-0.25, -0.2) is 9.37 Å². The summed E-state index contributed by atoms with van der Waals surface area (Å²) in [5.41, 5.74) is 1.30. The number of rotatable bonds is 7. The highest BCUT2D eigenvalue weighted by atomic mass is 32.1. The zero-order valence-corrected chi connectivity index (χ0v) is 14.5. The number of aromatic nitrogens is 1. The van der Waals surface area contributed by atoms with Gasteiger partial charge in [0.25, 0.3) is 5.91 Å². The summed E-state index contributed by atoms with van der Waals surface area (Å²) in [4.78, 5) is 19.5. The number of carbonyl (C=O) groups excluding carboxylic acids is 1. The number of methoxy groups -OCH3 is 1. The van der Waals surface area contributed by atoms with Crippen molar-refractivity contribution in [3.8, 4) is 0 Å². The van der Waals surface area contributed by atoms with E-state index in [1.165, 1.54) is 17.4 Å². The normalized spacial score (nSPS) is 10.8. The number of hydrogen-bond acceptors (Lipinski definition) is 4. The maximum absolute atomic E-state index is 13.9. The predicted octanol–water partition coefficient (Wildman–Crippen LogP) is 3.44. The molecule has 0 radical (unpaired) electrons. The van der Waals surface area contributed by atoms with E-state index in [0.29, 0.717) is 30.0 Å². The van der Waals surface area contributed by atoms with Crippen LogP contribution in [0.5, 0.6) is 0 Å². The van der Waals surface area contributed by atoms with E-state index >= 15 is 0 Å². The van der Waals surface area contributed by atoms with Gasteiger partial charge in [0.1, 0.15) is 10.7 Å². The Morgan fingerprint density at radius 3 is 2.78 bits per heavy atom. The Bertz CT molecular complexity index is 672. The third-order valence-corrected chi connectivity index (χ3v) is 4.51. The van der Waals surface area contributed by atoms with Crippen molar-refractivity contribution in [2.24, 2.45) is 0 Å². The molecule has 1 aromatic heterocycles. The summed E-state index contributed by atoms with van der Waals surface area (Å²) < 4.78 is 19.0. The molecule has 0 bridgehead atoms. The first kappa shape index (κ1) is 17.6. The van der Waals surface area contributed by atoms with E-state index < -0.39 is 0 Å². The molecule has 2 rings (SSSR count). The molecule has 1 aromatic carbocycles. The zero-order valence-electron chi connectivity index (χ0n) is 13.6. The quantitative estimate of drug-likeness (QED) is 0.778. The first-order valence-corrected chi connectivity index (χ1v) is 8.36. The molecule has 0 aliphatic rings. The molecule has 1 amide bonds. The van der Waals surface area contributed by atoms with Crippen molar-refractivity contribution < 1.29 is 13.9 Å². The van der Waals surface area contributed by atoms with Gasteiger partial charge in [0.2, 0.25) is 0 Å². The van der Waals surface area contributed by atoms with Crippen LogP contribution < -0.4 is 0 Å². The van der Waals surface area contributed by atoms with E-state index in [1.54, 1.807) is 30.2 Å². The minimum atomic E-state index is -0.307. The number of hydrogen-bond donors (Lipinski definition) is 0. The topological polar surface area (TPSA) is 42.4 Å². The van der Waals surface area contributed by atoms with Gasteiger partial charge in [-0.2, -0.15) is 0 Å². The van der Waals surface area contributed by atoms with Gasteiger partial charge < -0.3 is 9.64 Å². The van der Waals surface area contributed by atoms with E-state index in [4.69, 9.17) is 4.74 Å². The van der Waals surface area contributed by atoms with E-state index in [-0.39, 0.29) is 18.3 Å². The van der Waals surface area contributed by atoms with Crippen LogP contribution in [0, 0.1) is 12.7 Å². The lowest BCUT2D eigenvalue weighted by atomic mass is 10.2. The Kier molecular flexibility index (Phi) is 6.24. The van der Waals surface area contributed by atoms with E-state index in [1.807, 2.05) is 13.8 Å². The van der Waals surface area contributed by atoms with E-state index in [0.717, 1.165) is 10.7 Å². The Morgan fingerprint density at radius 1 is 1.39 bits per heavy atom. The van der Waals surface area contributed by atoms with Crippen LogP contribution >= 0.6 is 11.3 Å². The summed E-state index contributed by atoms with van der Waals surface area (Å²) in [5.74, 6) is -0.424. The third-order valence-electron chi connectivity index (χ3n) is 3.50. The van der Waals surface area contributed by atoms with Gasteiger partial charge >= 0.3 is 0 Å². The van der Waals surface area contributed by atoms with Gasteiger partial charge in [0.15, 0.2) is 0 Å². The minimum absolute atomic E-state index is 0.118. The molecule has 0 saturated heterocycles. The van der Waals surface area contributed by atoms with Crippen LogP contribution in [0.4, 0.5) is 4.39 Å². The highest BCUT2D eigenvalue weighted by Gasteiger charge is 2.22. The fourth-order valence-corrected chi connectivity index (χ4v) is 3.28. The molecule has 0 N–H and O–H groups in total. The second kappa shape index (κ2) is 8.17. The van der Waals surface area contributed by atoms with Crippen molar-refractivity contribution in [3.05, 3.63) is 51.2 Å². The average molecular weight is 336 g/mol. The first-order valence-electron chi connectivity index (χ1n) is 7.54. The van der Waals surface area contributed by atoms with Crippen LogP contribution in [0.1, 0.15) is 32.9 Å². The van der Waals surface area contributed by atoms with Crippen LogP contribution in [0.2, 0.25) is 0 Å². The van der Waals surface area contributed by atoms with Crippen molar-refractivity contribution in [2.75, 3.05) is 20.3 Å². The molecule has 124 valence electrons. The lowest BCUT2D eigenvalue weighted by Gasteiger charge is -2.22. The molecule has 4 nitrogen and oxygen atoms in total. The van der Waals surface area contributed by atoms with E-state index in [2.05, 4.69) is 4.98 Å². The van der Waals surface area contributed by atoms with E-state index in [9.17, 15) is 9.18 Å². The summed E-state index contributed by atoms with van der Waals surface area (Å²) in [6, 6.07) is 6.51. The second-order valence-electron chi connectivity index (χ2n) is 5.17. The van der Waals surface area contributed by atoms with Gasteiger partial charge in [-0.1, -0.05) is 25.1 Å². The summed E-state index contributed by atoms with van der Waals surface area (Å²) in [5, 5.41) is 0.864. The van der Waals surface area contributed by atoms with Gasteiger partial charge in [-0.15, -0.1) is 11.3 Å². The smallest absolute Gasteiger partial charge is 0.266 e. The predicted molar refractivity (Wildman–Crippen MR) is 89.2 cm³/mol. The number of nitrogens with zero attached hydrogens (tertiary/aromatic N) is 2. The largest absolute Gasteiger partial charge is 0.383 e. The molecular formula is C17H21FN2O2S. The molecule has 23 heavy (non-hydrogen) atoms. The van der Waals surface area contributed by atoms with Gasteiger partial charge in [-0.05, 0) is 19.4 Å². The van der Waals surface area contributed by atoms with Crippen LogP contribution in [-0.2, 0) is 17.7 Å². The SMILES string of the molecule is CCc1nc(C)sc1C(=O)N(CCOC)Cc1ccccc1F. The molecule has 0 aliphatic carbocycles. The Labute approximate surface area is 139 Å². The molecule has 0 atom stereocenters. The average Bonchev–Trinajstić information content (AvgIpc) is 2.93. The summed E-state index contributed by atoms with van der Waals surface area (Å²) in [6.45, 7) is 4.89. The monoisotopic (exact) mass is 336 g/mol. The molecule has 0 spiro atoms. The molecule has 2 aromatic rings. The van der Waals surface area contributed by atoms with Gasteiger partial charge in [0.05, 0.1) is 17.3 Å². The Hall–Kier alpha value is -1.79. The standard InChI is InChI=1S/C17H21FN2O2S/c1-4-15-16(23-12(2)19-15)17(21)20(9-10-22-3)11-13-7-5-6-8-14(13)18/h5-8H,4,9-11H2,1-3H3. The highest BCUT2D eigenvalue weighted by Crippen LogP contribution is 2.22. The Morgan fingerprint density at radius 2 is 2.13 bits per heavy atom. The lowest BCUT2D eigenvalue weighted by molar-refractivity contribution is 0.0682. The molecule has 1 heterocycles. The number of benzene rings is 1. The van der Waals surface area contributed by atoms with Gasteiger partial charge in [-0.3, -0.25) is 4.79 Å². The fraction of sp³-hybridized carbons (Fsp3) is 0.412. The molecule has 0 unspecified atom stereocenters. The van der Waals surface area contributed by atoms with Crippen molar-refractivity contribution in [3.63, 3.8) is 0 Å². The first-order chi connectivity index (χ1) is 11.1. The minimum Gasteiger partial charge on any atom is -0.383 e. The number of halogens is 1. The molecule has 0 aliphatic heterocycles. The third kappa shape index (κ3) is 4.36. The number of aryl methyl sites for hydroxylation is 2. The van der Waals surface area contributed by atoms with Crippen LogP contribution in [0.15, 0.2) is 24.3 Å². The number of thiazole rings is 1. The second-order valence-corrected chi connectivity index (χ2v) is 6.38. The summed E-state index contributed by atoms with van der Waals surface area (Å²) >= 11 is 1.39. The summed E-state index contributed by atoms with van der Waals surface area (Å²) in [6.07, 6.45) is 0.698. The molecule has 0 fully saturated rings. The van der Waals surface area contributed by atoms with Crippen LogP contribution in [0.3, 0.4) is 0 Å². The number of amides is 1. The zero-order chi connectivity index (χ0) is 16.8. The Balaban J connectivity index is 2.26. The van der Waals surface area contributed by atoms with Gasteiger partial charge in [0, 0.05) is 25.8 Å². The lowest BCUT2D eigenvalue weighted by Crippen LogP contribution is -2.33. The molecule has 0 saturated carbocycles.